The Morgan fingerprint density at radius 3 is 2.48 bits per heavy atom. The molecule has 158 valence electrons. The van der Waals surface area contributed by atoms with E-state index in [4.69, 9.17) is 4.74 Å². The van der Waals surface area contributed by atoms with Gasteiger partial charge in [-0.05, 0) is 24.3 Å². The van der Waals surface area contributed by atoms with Crippen molar-refractivity contribution < 1.29 is 22.7 Å². The lowest BCUT2D eigenvalue weighted by molar-refractivity contribution is -0.137. The number of benzene rings is 2. The molecule has 0 saturated carbocycles. The van der Waals surface area contributed by atoms with Crippen molar-refractivity contribution in [3.8, 4) is 22.9 Å². The molecule has 0 aliphatic heterocycles. The molecule has 0 N–H and O–H groups in total. The summed E-state index contributed by atoms with van der Waals surface area (Å²) in [6, 6.07) is 11.5. The predicted octanol–water partition coefficient (Wildman–Crippen LogP) is 5.27. The fourth-order valence-electron chi connectivity index (χ4n) is 2.78. The molecule has 2 aromatic carbocycles. The van der Waals surface area contributed by atoms with Crippen LogP contribution in [0.25, 0.3) is 21.5 Å². The second-order valence-corrected chi connectivity index (χ2v) is 7.77. The number of para-hydroxylation sites is 1. The predicted molar refractivity (Wildman–Crippen MR) is 110 cm³/mol. The monoisotopic (exact) mass is 444 g/mol. The van der Waals surface area contributed by atoms with Gasteiger partial charge in [-0.2, -0.15) is 13.2 Å². The molecule has 0 bridgehead atoms. The molecule has 31 heavy (non-hydrogen) atoms. The summed E-state index contributed by atoms with van der Waals surface area (Å²) in [6.45, 7) is 0. The van der Waals surface area contributed by atoms with E-state index >= 15 is 0 Å². The van der Waals surface area contributed by atoms with E-state index < -0.39 is 11.7 Å². The fourth-order valence-corrected chi connectivity index (χ4v) is 3.79. The Morgan fingerprint density at radius 2 is 1.81 bits per heavy atom. The largest absolute Gasteiger partial charge is 0.437 e. The molecule has 0 saturated heterocycles. The first-order valence-electron chi connectivity index (χ1n) is 9.01. The Balaban J connectivity index is 1.64. The topological polar surface area (TPSA) is 68.2 Å². The molecule has 0 fully saturated rings. The van der Waals surface area contributed by atoms with Crippen LogP contribution in [0.1, 0.15) is 15.4 Å². The summed E-state index contributed by atoms with van der Waals surface area (Å²) in [7, 11) is 3.30. The van der Waals surface area contributed by atoms with Gasteiger partial charge >= 0.3 is 6.18 Å². The van der Waals surface area contributed by atoms with Gasteiger partial charge < -0.3 is 9.64 Å². The summed E-state index contributed by atoms with van der Waals surface area (Å²) in [6.07, 6.45) is -3.14. The van der Waals surface area contributed by atoms with Crippen molar-refractivity contribution in [2.45, 2.75) is 6.18 Å². The van der Waals surface area contributed by atoms with Crippen molar-refractivity contribution in [1.82, 2.24) is 19.9 Å². The first-order chi connectivity index (χ1) is 14.7. The first kappa shape index (κ1) is 20.7. The van der Waals surface area contributed by atoms with E-state index in [9.17, 15) is 18.0 Å². The Bertz CT molecular complexity index is 1250. The summed E-state index contributed by atoms with van der Waals surface area (Å²) in [4.78, 5) is 26.2. The molecular formula is C21H15F3N4O2S. The molecule has 0 spiro atoms. The molecule has 0 radical (unpaired) electrons. The zero-order valence-corrected chi connectivity index (χ0v) is 17.2. The van der Waals surface area contributed by atoms with Gasteiger partial charge in [-0.25, -0.2) is 15.0 Å². The van der Waals surface area contributed by atoms with Gasteiger partial charge in [0.05, 0.1) is 16.0 Å². The van der Waals surface area contributed by atoms with Gasteiger partial charge in [-0.1, -0.05) is 18.2 Å². The Hall–Kier alpha value is -3.53. The van der Waals surface area contributed by atoms with Crippen molar-refractivity contribution in [3.63, 3.8) is 0 Å². The number of aromatic nitrogens is 3. The van der Waals surface area contributed by atoms with Crippen molar-refractivity contribution in [3.05, 3.63) is 65.4 Å². The van der Waals surface area contributed by atoms with Gasteiger partial charge in [0.15, 0.2) is 10.8 Å². The van der Waals surface area contributed by atoms with E-state index in [0.717, 1.165) is 16.8 Å². The van der Waals surface area contributed by atoms with Crippen molar-refractivity contribution in [2.24, 2.45) is 0 Å². The van der Waals surface area contributed by atoms with E-state index in [1.807, 2.05) is 6.07 Å². The highest BCUT2D eigenvalue weighted by molar-refractivity contribution is 7.20. The summed E-state index contributed by atoms with van der Waals surface area (Å²) >= 11 is 1.25. The van der Waals surface area contributed by atoms with Crippen LogP contribution in [0.4, 0.5) is 13.2 Å². The Labute approximate surface area is 179 Å². The minimum Gasteiger partial charge on any atom is -0.437 e. The molecule has 1 amide bonds. The van der Waals surface area contributed by atoms with Crippen LogP contribution in [-0.2, 0) is 6.18 Å². The highest BCUT2D eigenvalue weighted by Crippen LogP contribution is 2.34. The number of hydrogen-bond acceptors (Lipinski definition) is 6. The maximum Gasteiger partial charge on any atom is 0.416 e. The van der Waals surface area contributed by atoms with Gasteiger partial charge in [-0.15, -0.1) is 11.3 Å². The summed E-state index contributed by atoms with van der Waals surface area (Å²) < 4.78 is 45.0. The van der Waals surface area contributed by atoms with Crippen LogP contribution >= 0.6 is 11.3 Å². The number of halogens is 3. The van der Waals surface area contributed by atoms with Gasteiger partial charge in [0.2, 0.25) is 5.88 Å². The minimum atomic E-state index is -4.41. The molecule has 2 aromatic heterocycles. The quantitative estimate of drug-likeness (QED) is 0.429. The average molecular weight is 444 g/mol. The summed E-state index contributed by atoms with van der Waals surface area (Å²) in [5, 5.41) is 0.337. The summed E-state index contributed by atoms with van der Waals surface area (Å²) in [5.41, 5.74) is 0.686. The van der Waals surface area contributed by atoms with E-state index in [1.54, 1.807) is 26.2 Å². The van der Waals surface area contributed by atoms with Gasteiger partial charge in [0.1, 0.15) is 11.8 Å². The van der Waals surface area contributed by atoms with Crippen LogP contribution in [0.5, 0.6) is 11.6 Å². The third-order valence-corrected chi connectivity index (χ3v) is 5.34. The standard InChI is InChI=1S/C21H15F3N4O2S/c1-28(2)20(29)19-27-18-15(4-3-5-16(18)31-19)30-17-10-14(25-11-26-17)12-6-8-13(9-7-12)21(22,23)24/h3-11H,1-2H3. The maximum atomic E-state index is 12.8. The van der Waals surface area contributed by atoms with Crippen molar-refractivity contribution in [2.75, 3.05) is 14.1 Å². The normalized spacial score (nSPS) is 11.5. The van der Waals surface area contributed by atoms with Gasteiger partial charge in [-0.3, -0.25) is 4.79 Å². The van der Waals surface area contributed by atoms with Gasteiger partial charge in [0.25, 0.3) is 5.91 Å². The minimum absolute atomic E-state index is 0.200. The van der Waals surface area contributed by atoms with Gasteiger partial charge in [0, 0.05) is 25.7 Å². The van der Waals surface area contributed by atoms with E-state index in [1.165, 1.54) is 40.8 Å². The number of nitrogens with zero attached hydrogens (tertiary/aromatic N) is 4. The van der Waals surface area contributed by atoms with Crippen molar-refractivity contribution >= 4 is 27.5 Å². The number of ether oxygens (including phenoxy) is 1. The zero-order chi connectivity index (χ0) is 22.2. The highest BCUT2D eigenvalue weighted by atomic mass is 32.1. The van der Waals surface area contributed by atoms with Crippen LogP contribution in [0.3, 0.4) is 0 Å². The maximum absolute atomic E-state index is 12.8. The van der Waals surface area contributed by atoms with E-state index in [0.29, 0.717) is 27.5 Å². The smallest absolute Gasteiger partial charge is 0.416 e. The number of alkyl halides is 3. The number of hydrogen-bond donors (Lipinski definition) is 0. The van der Waals surface area contributed by atoms with E-state index in [2.05, 4.69) is 15.0 Å². The average Bonchev–Trinajstić information content (AvgIpc) is 3.18. The zero-order valence-electron chi connectivity index (χ0n) is 16.3. The summed E-state index contributed by atoms with van der Waals surface area (Å²) in [5.74, 6) is 0.397. The SMILES string of the molecule is CN(C)C(=O)c1nc2c(Oc3cc(-c4ccc(C(F)(F)F)cc4)ncn3)cccc2s1. The van der Waals surface area contributed by atoms with Crippen molar-refractivity contribution in [1.29, 1.82) is 0 Å². The van der Waals surface area contributed by atoms with Crippen LogP contribution in [0.2, 0.25) is 0 Å². The number of carbonyl (C=O) groups is 1. The third kappa shape index (κ3) is 4.33. The lowest BCUT2D eigenvalue weighted by Gasteiger charge is -2.09. The number of fused-ring (bicyclic) bond motifs is 1. The Morgan fingerprint density at radius 1 is 1.06 bits per heavy atom. The second-order valence-electron chi connectivity index (χ2n) is 6.74. The number of carbonyl (C=O) groups excluding carboxylic acids is 1. The molecule has 0 atom stereocenters. The first-order valence-corrected chi connectivity index (χ1v) is 9.83. The van der Waals surface area contributed by atoms with Crippen LogP contribution in [0.15, 0.2) is 54.9 Å². The molecular weight excluding hydrogens is 429 g/mol. The lowest BCUT2D eigenvalue weighted by Crippen LogP contribution is -2.21. The molecule has 4 rings (SSSR count). The lowest BCUT2D eigenvalue weighted by atomic mass is 10.1. The molecule has 2 heterocycles. The fraction of sp³-hybridized carbons (Fsp3) is 0.143. The number of thiazole rings is 1. The molecule has 0 unspecified atom stereocenters. The number of amides is 1. The van der Waals surface area contributed by atoms with Crippen LogP contribution < -0.4 is 4.74 Å². The van der Waals surface area contributed by atoms with Crippen LogP contribution in [0, 0.1) is 0 Å². The molecule has 10 heteroatoms. The van der Waals surface area contributed by atoms with E-state index in [-0.39, 0.29) is 11.8 Å². The Kier molecular flexibility index (Phi) is 5.32. The number of rotatable bonds is 4. The second kappa shape index (κ2) is 7.95. The highest BCUT2D eigenvalue weighted by Gasteiger charge is 2.30. The molecule has 0 aliphatic rings. The molecule has 4 aromatic rings. The van der Waals surface area contributed by atoms with Crippen LogP contribution in [-0.4, -0.2) is 39.9 Å². The molecule has 0 aliphatic carbocycles. The third-order valence-electron chi connectivity index (χ3n) is 4.34. The molecule has 6 nitrogen and oxygen atoms in total.